The van der Waals surface area contributed by atoms with Crippen LogP contribution in [0, 0.1) is 12.7 Å². The Morgan fingerprint density at radius 1 is 1.23 bits per heavy atom. The largest absolute Gasteiger partial charge is 0.480 e. The summed E-state index contributed by atoms with van der Waals surface area (Å²) in [5.74, 6) is -2.33. The van der Waals surface area contributed by atoms with Crippen LogP contribution in [0.3, 0.4) is 0 Å². The molecular formula is C29H28F3N3O8S. The molecule has 1 aromatic carbocycles. The van der Waals surface area contributed by atoms with Gasteiger partial charge >= 0.3 is 18.3 Å². The van der Waals surface area contributed by atoms with Crippen molar-refractivity contribution in [3.8, 4) is 16.5 Å². The molecule has 2 fully saturated rings. The number of carbonyl (C=O) groups is 1. The van der Waals surface area contributed by atoms with Gasteiger partial charge in [0.1, 0.15) is 34.8 Å². The Balaban J connectivity index is 1.55. The Morgan fingerprint density at radius 3 is 2.59 bits per heavy atom. The number of hydrogen-bond acceptors (Lipinski definition) is 9. The molecule has 1 N–H and O–H groups in total. The lowest BCUT2D eigenvalue weighted by molar-refractivity contribution is -0.140. The Kier molecular flexibility index (Phi) is 8.11. The fraction of sp³-hybridized carbons (Fsp3) is 0.448. The van der Waals surface area contributed by atoms with Crippen LogP contribution >= 0.6 is 11.3 Å². The van der Waals surface area contributed by atoms with Crippen LogP contribution in [-0.4, -0.2) is 50.1 Å². The van der Waals surface area contributed by atoms with Crippen molar-refractivity contribution in [3.05, 3.63) is 68.4 Å². The summed E-state index contributed by atoms with van der Waals surface area (Å²) < 4.78 is 65.9. The number of nitrogens with zero attached hydrogens (tertiary/aromatic N) is 3. The summed E-state index contributed by atoms with van der Waals surface area (Å²) >= 11 is 1.02. The summed E-state index contributed by atoms with van der Waals surface area (Å²) in [7, 11) is 0. The third-order valence-electron chi connectivity index (χ3n) is 8.10. The van der Waals surface area contributed by atoms with Gasteiger partial charge in [0.15, 0.2) is 0 Å². The van der Waals surface area contributed by atoms with Crippen LogP contribution in [0.2, 0.25) is 0 Å². The molecule has 2 saturated heterocycles. The number of halogens is 3. The molecular weight excluding hydrogens is 607 g/mol. The van der Waals surface area contributed by atoms with Gasteiger partial charge in [-0.25, -0.2) is 23.5 Å². The maximum Gasteiger partial charge on any atom is 0.387 e. The zero-order chi connectivity index (χ0) is 31.3. The summed E-state index contributed by atoms with van der Waals surface area (Å²) in [6.07, 6.45) is 3.68. The van der Waals surface area contributed by atoms with E-state index in [4.69, 9.17) is 18.6 Å². The molecule has 0 amide bonds. The van der Waals surface area contributed by atoms with E-state index in [0.717, 1.165) is 46.9 Å². The van der Waals surface area contributed by atoms with E-state index < -0.39 is 47.9 Å². The lowest BCUT2D eigenvalue weighted by atomic mass is 10.0. The van der Waals surface area contributed by atoms with Crippen molar-refractivity contribution in [3.63, 3.8) is 0 Å². The van der Waals surface area contributed by atoms with Crippen LogP contribution in [0.25, 0.3) is 21.0 Å². The minimum atomic E-state index is -3.23. The molecule has 0 spiro atoms. The van der Waals surface area contributed by atoms with Crippen molar-refractivity contribution < 1.29 is 41.7 Å². The van der Waals surface area contributed by atoms with Crippen LogP contribution < -0.4 is 16.0 Å². The van der Waals surface area contributed by atoms with E-state index in [9.17, 15) is 32.7 Å². The number of aryl methyl sites for hydroxylation is 1. The third kappa shape index (κ3) is 5.55. The molecule has 5 heterocycles. The van der Waals surface area contributed by atoms with Crippen molar-refractivity contribution in [2.45, 2.75) is 83.1 Å². The predicted molar refractivity (Wildman–Crippen MR) is 151 cm³/mol. The van der Waals surface area contributed by atoms with Gasteiger partial charge < -0.3 is 23.7 Å². The molecule has 5 atom stereocenters. The number of rotatable bonds is 10. The number of ether oxygens (including phenoxy) is 3. The second kappa shape index (κ2) is 11.9. The van der Waals surface area contributed by atoms with Gasteiger partial charge in [0.25, 0.3) is 5.56 Å². The average molecular weight is 636 g/mol. The summed E-state index contributed by atoms with van der Waals surface area (Å²) in [5, 5.41) is 9.82. The van der Waals surface area contributed by atoms with Gasteiger partial charge in [-0.05, 0) is 63.3 Å². The van der Waals surface area contributed by atoms with Gasteiger partial charge in [-0.1, -0.05) is 0 Å². The average Bonchev–Trinajstić information content (AvgIpc) is 3.70. The molecule has 0 radical (unpaired) electrons. The first-order chi connectivity index (χ1) is 21.0. The molecule has 3 unspecified atom stereocenters. The fourth-order valence-corrected chi connectivity index (χ4v) is 7.27. The summed E-state index contributed by atoms with van der Waals surface area (Å²) in [6, 6.07) is 1.49. The van der Waals surface area contributed by atoms with E-state index in [1.807, 2.05) is 0 Å². The minimum Gasteiger partial charge on any atom is -0.480 e. The van der Waals surface area contributed by atoms with Crippen LogP contribution in [0.1, 0.15) is 55.9 Å². The number of aromatic nitrogens is 3. The molecule has 11 nitrogen and oxygen atoms in total. The van der Waals surface area contributed by atoms with Crippen LogP contribution in [-0.2, 0) is 20.8 Å². The SMILES string of the molecule is Cc1c(-c2ncco2)sc2c1c(=O)n(C(C)C(=O)O)c(=O)n2CC(OC1C[C@H]2CC[C@@H](C1)O2)c1cc(F)ccc1OC(F)F. The number of aliphatic carboxylic acids is 1. The second-order valence-corrected chi connectivity index (χ2v) is 11.9. The van der Waals surface area contributed by atoms with Crippen molar-refractivity contribution in [2.24, 2.45) is 0 Å². The molecule has 3 aromatic heterocycles. The highest BCUT2D eigenvalue weighted by molar-refractivity contribution is 7.22. The molecule has 0 aliphatic carbocycles. The van der Waals surface area contributed by atoms with E-state index in [1.165, 1.54) is 19.4 Å². The number of benzene rings is 1. The van der Waals surface area contributed by atoms with Gasteiger partial charge in [0.2, 0.25) is 5.89 Å². The highest BCUT2D eigenvalue weighted by atomic mass is 32.1. The van der Waals surface area contributed by atoms with E-state index >= 15 is 0 Å². The second-order valence-electron chi connectivity index (χ2n) is 10.9. The number of carboxylic acids is 1. The molecule has 2 aliphatic heterocycles. The zero-order valence-corrected chi connectivity index (χ0v) is 24.4. The predicted octanol–water partition coefficient (Wildman–Crippen LogP) is 5.04. The maximum absolute atomic E-state index is 14.6. The number of alkyl halides is 2. The van der Waals surface area contributed by atoms with Crippen molar-refractivity contribution in [1.82, 2.24) is 14.1 Å². The first kappa shape index (κ1) is 30.1. The highest BCUT2D eigenvalue weighted by Gasteiger charge is 2.38. The lowest BCUT2D eigenvalue weighted by Gasteiger charge is -2.32. The molecule has 2 aliphatic rings. The molecule has 15 heteroatoms. The van der Waals surface area contributed by atoms with Gasteiger partial charge in [-0.2, -0.15) is 8.78 Å². The minimum absolute atomic E-state index is 0.0558. The zero-order valence-electron chi connectivity index (χ0n) is 23.6. The molecule has 4 aromatic rings. The standard InChI is InChI=1S/C29H28F3N3O8S/c1-13-22-25(36)35(14(2)27(37)38)29(39)34(26(22)44-23(13)24-33-7-8-40-24)12-21(42-18-10-16-4-5-17(11-18)41-16)19-9-15(30)3-6-20(19)43-28(31)32/h3,6-9,14,16-18,21,28H,4-5,10-12H2,1-2H3,(H,37,38)/t14?,16-,17+,18?,21?. The summed E-state index contributed by atoms with van der Waals surface area (Å²) in [6.45, 7) is -0.792. The number of carboxylic acid groups (broad SMARTS) is 1. The van der Waals surface area contributed by atoms with E-state index in [-0.39, 0.29) is 46.2 Å². The van der Waals surface area contributed by atoms with Crippen molar-refractivity contribution in [2.75, 3.05) is 0 Å². The van der Waals surface area contributed by atoms with E-state index in [0.29, 0.717) is 27.8 Å². The topological polar surface area (TPSA) is 135 Å². The van der Waals surface area contributed by atoms with Crippen LogP contribution in [0.15, 0.2) is 44.7 Å². The monoisotopic (exact) mass is 635 g/mol. The summed E-state index contributed by atoms with van der Waals surface area (Å²) in [4.78, 5) is 44.4. The number of thiophene rings is 1. The quantitative estimate of drug-likeness (QED) is 0.254. The van der Waals surface area contributed by atoms with Gasteiger partial charge in [-0.15, -0.1) is 11.3 Å². The van der Waals surface area contributed by atoms with Gasteiger partial charge in [-0.3, -0.25) is 9.36 Å². The molecule has 6 rings (SSSR count). The maximum atomic E-state index is 14.6. The molecule has 234 valence electrons. The Morgan fingerprint density at radius 2 is 1.95 bits per heavy atom. The van der Waals surface area contributed by atoms with E-state index in [1.54, 1.807) is 6.92 Å². The molecule has 44 heavy (non-hydrogen) atoms. The van der Waals surface area contributed by atoms with Crippen LogP contribution in [0.5, 0.6) is 5.75 Å². The van der Waals surface area contributed by atoms with Gasteiger partial charge in [0, 0.05) is 5.56 Å². The number of fused-ring (bicyclic) bond motifs is 3. The fourth-order valence-electron chi connectivity index (χ4n) is 6.02. The smallest absolute Gasteiger partial charge is 0.387 e. The van der Waals surface area contributed by atoms with Crippen molar-refractivity contribution in [1.29, 1.82) is 0 Å². The van der Waals surface area contributed by atoms with E-state index in [2.05, 4.69) is 4.98 Å². The van der Waals surface area contributed by atoms with Crippen LogP contribution in [0.4, 0.5) is 13.2 Å². The normalized spacial score (nSPS) is 21.2. The Labute approximate surface area is 251 Å². The van der Waals surface area contributed by atoms with Gasteiger partial charge in [0.05, 0.1) is 41.3 Å². The van der Waals surface area contributed by atoms with Crippen molar-refractivity contribution >= 4 is 27.5 Å². The Bertz CT molecular complexity index is 1810. The molecule has 2 bridgehead atoms. The molecule has 0 saturated carbocycles. The third-order valence-corrected chi connectivity index (χ3v) is 9.40. The lowest BCUT2D eigenvalue weighted by Crippen LogP contribution is -2.44. The highest BCUT2D eigenvalue weighted by Crippen LogP contribution is 2.40. The first-order valence-electron chi connectivity index (χ1n) is 14.0. The Hall–Kier alpha value is -3.95. The summed E-state index contributed by atoms with van der Waals surface area (Å²) in [5.41, 5.74) is -1.46. The number of hydrogen-bond donors (Lipinski definition) is 1. The first-order valence-corrected chi connectivity index (χ1v) is 14.8. The number of oxazole rings is 1.